The fraction of sp³-hybridized carbons (Fsp3) is 0.275. The van der Waals surface area contributed by atoms with E-state index in [0.717, 1.165) is 96.6 Å². The van der Waals surface area contributed by atoms with Gasteiger partial charge in [0.1, 0.15) is 23.8 Å². The molecule has 3 aromatic carbocycles. The predicted molar refractivity (Wildman–Crippen MR) is 367 cm³/mol. The molecule has 9 heterocycles. The molecule has 3 aliphatic heterocycles. The second-order valence-corrected chi connectivity index (χ2v) is 24.3. The van der Waals surface area contributed by atoms with E-state index in [4.69, 9.17) is 46.4 Å². The molecule has 3 saturated heterocycles. The molecule has 3 amide bonds. The number of rotatable bonds is 18. The Morgan fingerprint density at radius 1 is 0.484 bits per heavy atom. The van der Waals surface area contributed by atoms with E-state index in [-0.39, 0.29) is 47.0 Å². The minimum atomic E-state index is -0.573. The van der Waals surface area contributed by atoms with Crippen molar-refractivity contribution in [3.05, 3.63) is 243 Å². The van der Waals surface area contributed by atoms with Gasteiger partial charge in [-0.3, -0.25) is 39.1 Å². The van der Waals surface area contributed by atoms with E-state index in [9.17, 15) is 18.8 Å². The summed E-state index contributed by atoms with van der Waals surface area (Å²) in [5.41, 5.74) is 6.04. The van der Waals surface area contributed by atoms with E-state index in [1.54, 1.807) is 122 Å². The van der Waals surface area contributed by atoms with Crippen LogP contribution in [-0.2, 0) is 13.1 Å². The third-order valence-corrected chi connectivity index (χ3v) is 17.1. The van der Waals surface area contributed by atoms with Gasteiger partial charge in [-0.1, -0.05) is 76.7 Å². The Hall–Kier alpha value is -8.73. The SMILES string of the molecule is CC(c1ncnc(Cl)c1F)N1CCC(Nc2ncccc2C(=O)Nc2cccc(Cl)c2)CC1.O=C(Nc1cccc(Cl)c1)c1cccnc1NC1CCN(Cc2ccccn2)CC1.O=C(Nc1cccc(Cl)c1)c1cccnc1NC1CCN(Cc2cccnc2)CC1. The number of pyridine rings is 5. The maximum absolute atomic E-state index is 14.3. The van der Waals surface area contributed by atoms with E-state index in [1.165, 1.54) is 11.9 Å². The van der Waals surface area contributed by atoms with E-state index >= 15 is 0 Å². The lowest BCUT2D eigenvalue weighted by Crippen LogP contribution is -2.41. The monoisotopic (exact) mass is 1330 g/mol. The molecule has 6 N–H and O–H groups in total. The van der Waals surface area contributed by atoms with Gasteiger partial charge in [-0.25, -0.2) is 29.3 Å². The van der Waals surface area contributed by atoms with Crippen molar-refractivity contribution in [3.8, 4) is 0 Å². The normalized spacial score (nSPS) is 15.2. The van der Waals surface area contributed by atoms with Crippen LogP contribution in [0.2, 0.25) is 20.2 Å². The lowest BCUT2D eigenvalue weighted by molar-refractivity contribution is 0.101. The molecular formula is C69H71Cl4FN16O3. The number of hydrogen-bond donors (Lipinski definition) is 6. The number of aromatic nitrogens is 7. The molecule has 9 aromatic rings. The largest absolute Gasteiger partial charge is 0.367 e. The standard InChI is InChI=1S/C23H23Cl2FN6O.2C23H24ClN5O/c1-14(20-19(26)21(25)29-13-28-20)32-10-7-16(8-11-32)30-22-18(6-3-9-27-22)23(33)31-17-5-2-4-15(24)12-17;24-18-5-1-6-20(14-18)28-23(30)21-7-3-11-26-22(21)27-19-8-12-29(13-9-19)16-17-4-2-10-25-15-17;24-17-5-3-7-19(15-17)28-23(30)21-8-4-12-26-22(21)27-18-9-13-29(14-10-18)16-20-6-1-2-11-25-20/h2-6,9,12-14,16H,7-8,10-11H2,1H3,(H,27,30)(H,31,33);1-7,10-11,14-15,19H,8-9,12-13,16H2,(H,26,27)(H,28,30);1-8,11-12,15,18H,9-10,13-14,16H2,(H,26,27)(H,28,30). The number of carbonyl (C=O) groups excluding carboxylic acids is 3. The molecule has 0 spiro atoms. The Kier molecular flexibility index (Phi) is 24.4. The first-order chi connectivity index (χ1) is 45.3. The van der Waals surface area contributed by atoms with E-state index in [1.807, 2.05) is 49.6 Å². The molecule has 0 aliphatic carbocycles. The molecule has 0 bridgehead atoms. The molecule has 12 rings (SSSR count). The summed E-state index contributed by atoms with van der Waals surface area (Å²) in [5, 5.41) is 20.5. The third kappa shape index (κ3) is 19.9. The molecular weight excluding hydrogens is 1260 g/mol. The van der Waals surface area contributed by atoms with Gasteiger partial charge in [-0.05, 0) is 160 Å². The molecule has 3 fully saturated rings. The number of benzene rings is 3. The van der Waals surface area contributed by atoms with Gasteiger partial charge in [0.2, 0.25) is 0 Å². The first-order valence-corrected chi connectivity index (χ1v) is 32.3. The van der Waals surface area contributed by atoms with Crippen LogP contribution in [0.25, 0.3) is 0 Å². The Bertz CT molecular complexity index is 3760. The predicted octanol–water partition coefficient (Wildman–Crippen LogP) is 14.1. The number of amides is 3. The lowest BCUT2D eigenvalue weighted by atomic mass is 10.0. The molecule has 480 valence electrons. The summed E-state index contributed by atoms with van der Waals surface area (Å²) in [6, 6.07) is 42.3. The van der Waals surface area contributed by atoms with Gasteiger partial charge in [0.05, 0.1) is 34.1 Å². The van der Waals surface area contributed by atoms with Crippen molar-refractivity contribution < 1.29 is 18.8 Å². The summed E-state index contributed by atoms with van der Waals surface area (Å²) in [6.45, 7) is 9.09. The fourth-order valence-corrected chi connectivity index (χ4v) is 11.9. The van der Waals surface area contributed by atoms with Gasteiger partial charge in [0.25, 0.3) is 17.7 Å². The number of hydrogen-bond acceptors (Lipinski definition) is 16. The summed E-state index contributed by atoms with van der Waals surface area (Å²) in [5.74, 6) is 0.494. The molecule has 0 saturated carbocycles. The van der Waals surface area contributed by atoms with Crippen molar-refractivity contribution in [2.75, 3.05) is 71.2 Å². The first kappa shape index (κ1) is 67.2. The van der Waals surface area contributed by atoms with Gasteiger partial charge >= 0.3 is 0 Å². The van der Waals surface area contributed by atoms with Crippen LogP contribution in [0.3, 0.4) is 0 Å². The number of anilines is 6. The van der Waals surface area contributed by atoms with Gasteiger partial charge < -0.3 is 31.9 Å². The van der Waals surface area contributed by atoms with Crippen LogP contribution in [-0.4, -0.2) is 125 Å². The minimum Gasteiger partial charge on any atom is -0.367 e. The highest BCUT2D eigenvalue weighted by Gasteiger charge is 2.29. The number of halogens is 5. The van der Waals surface area contributed by atoms with Crippen LogP contribution in [0, 0.1) is 5.82 Å². The van der Waals surface area contributed by atoms with Gasteiger partial charge in [-0.15, -0.1) is 0 Å². The van der Waals surface area contributed by atoms with Crippen molar-refractivity contribution in [1.29, 1.82) is 0 Å². The fourth-order valence-electron chi connectivity index (χ4n) is 11.2. The summed E-state index contributed by atoms with van der Waals surface area (Å²) < 4.78 is 14.3. The summed E-state index contributed by atoms with van der Waals surface area (Å²) in [7, 11) is 0. The number of carbonyl (C=O) groups is 3. The van der Waals surface area contributed by atoms with Gasteiger partial charge in [-0.2, -0.15) is 0 Å². The second kappa shape index (κ2) is 33.7. The summed E-state index contributed by atoms with van der Waals surface area (Å²) >= 11 is 23.8. The number of nitrogens with one attached hydrogen (secondary N) is 6. The zero-order valence-electron chi connectivity index (χ0n) is 51.1. The Balaban J connectivity index is 0.000000153. The van der Waals surface area contributed by atoms with Crippen LogP contribution in [0.1, 0.15) is 99.5 Å². The van der Waals surface area contributed by atoms with Crippen molar-refractivity contribution in [2.45, 2.75) is 82.7 Å². The van der Waals surface area contributed by atoms with Crippen molar-refractivity contribution in [1.82, 2.24) is 49.6 Å². The van der Waals surface area contributed by atoms with Crippen LogP contribution in [0.5, 0.6) is 0 Å². The Morgan fingerprint density at radius 3 is 1.33 bits per heavy atom. The zero-order valence-corrected chi connectivity index (χ0v) is 54.1. The molecule has 1 atom stereocenters. The Morgan fingerprint density at radius 2 is 0.914 bits per heavy atom. The maximum atomic E-state index is 14.3. The highest BCUT2D eigenvalue weighted by atomic mass is 35.5. The first-order valence-electron chi connectivity index (χ1n) is 30.8. The van der Waals surface area contributed by atoms with Gasteiger partial charge in [0.15, 0.2) is 11.0 Å². The average Bonchev–Trinajstić information content (AvgIpc) is 1.19. The summed E-state index contributed by atoms with van der Waals surface area (Å²) in [6.07, 6.45) is 17.4. The van der Waals surface area contributed by atoms with Crippen LogP contribution < -0.4 is 31.9 Å². The zero-order chi connectivity index (χ0) is 64.9. The molecule has 19 nitrogen and oxygen atoms in total. The molecule has 93 heavy (non-hydrogen) atoms. The highest BCUT2D eigenvalue weighted by molar-refractivity contribution is 6.31. The van der Waals surface area contributed by atoms with E-state index in [2.05, 4.69) is 93.6 Å². The number of piperidine rings is 3. The molecule has 1 unspecified atom stereocenters. The van der Waals surface area contributed by atoms with E-state index < -0.39 is 5.82 Å². The lowest BCUT2D eigenvalue weighted by Gasteiger charge is -2.36. The number of nitrogens with zero attached hydrogens (tertiary/aromatic N) is 10. The average molecular weight is 1330 g/mol. The maximum Gasteiger partial charge on any atom is 0.259 e. The topological polar surface area (TPSA) is 223 Å². The second-order valence-electron chi connectivity index (χ2n) is 22.7. The number of likely N-dealkylation sites (tertiary alicyclic amines) is 3. The molecule has 0 radical (unpaired) electrons. The summed E-state index contributed by atoms with van der Waals surface area (Å²) in [4.78, 5) is 75.0. The van der Waals surface area contributed by atoms with E-state index in [0.29, 0.717) is 72.0 Å². The molecule has 6 aromatic heterocycles. The highest BCUT2D eigenvalue weighted by Crippen LogP contribution is 2.30. The smallest absolute Gasteiger partial charge is 0.259 e. The molecule has 3 aliphatic rings. The van der Waals surface area contributed by atoms with Gasteiger partial charge in [0, 0.05) is 140 Å². The Labute approximate surface area is 560 Å². The van der Waals surface area contributed by atoms with Crippen LogP contribution in [0.4, 0.5) is 38.9 Å². The minimum absolute atomic E-state index is 0.125. The van der Waals surface area contributed by atoms with Crippen molar-refractivity contribution in [2.24, 2.45) is 0 Å². The van der Waals surface area contributed by atoms with Crippen molar-refractivity contribution >= 4 is 98.6 Å². The quantitative estimate of drug-likeness (QED) is 0.0440. The third-order valence-electron chi connectivity index (χ3n) is 16.1. The van der Waals surface area contributed by atoms with Crippen molar-refractivity contribution in [3.63, 3.8) is 0 Å². The van der Waals surface area contributed by atoms with Crippen LogP contribution in [0.15, 0.2) is 183 Å². The van der Waals surface area contributed by atoms with Crippen LogP contribution >= 0.6 is 46.4 Å². The molecule has 24 heteroatoms.